The van der Waals surface area contributed by atoms with Gasteiger partial charge in [0.25, 0.3) is 0 Å². The average molecular weight is 822 g/mol. The highest BCUT2D eigenvalue weighted by molar-refractivity contribution is 6.00. The third-order valence-electron chi connectivity index (χ3n) is 15.0. The molecule has 9 aromatic carbocycles. The Balaban J connectivity index is 1.19. The van der Waals surface area contributed by atoms with E-state index in [1.54, 1.807) is 0 Å². The zero-order valence-electron chi connectivity index (χ0n) is 37.1. The maximum absolute atomic E-state index is 2.60. The first-order valence-corrected chi connectivity index (χ1v) is 23.0. The number of fused-ring (bicyclic) bond motifs is 11. The average Bonchev–Trinajstić information content (AvgIpc) is 3.80. The summed E-state index contributed by atoms with van der Waals surface area (Å²) in [6.45, 7) is 9.82. The zero-order valence-corrected chi connectivity index (χ0v) is 37.1. The van der Waals surface area contributed by atoms with Crippen molar-refractivity contribution in [2.75, 3.05) is 4.90 Å². The summed E-state index contributed by atoms with van der Waals surface area (Å²) in [5, 5.41) is 0. The standard InChI is InChI=1S/C63H51N/c1-61(2)38-39-62(3,4)60-51(25-17-29-57(60)61)53-40-52-50-24-13-16-28-56(50)63(54-26-14-11-22-48(54)49-23-12-15-27-55(49)63)58(52)41-59(53)64(46-34-30-44(31-35-46)42-18-7-5-8-19-42)47-36-32-45(33-37-47)43-20-9-6-10-21-43/h5-37,40-41H,38-39H2,1-4H3. The van der Waals surface area contributed by atoms with Gasteiger partial charge in [-0.05, 0) is 144 Å². The summed E-state index contributed by atoms with van der Waals surface area (Å²) >= 11 is 0. The quantitative estimate of drug-likeness (QED) is 0.161. The molecule has 0 aliphatic heterocycles. The van der Waals surface area contributed by atoms with Crippen LogP contribution in [-0.4, -0.2) is 0 Å². The SMILES string of the molecule is CC1(C)CCC(C)(C)c2c(-c3cc4c(cc3N(c3ccc(-c5ccccc5)cc3)c3ccc(-c5ccccc5)cc3)C3(c5ccccc5-c5ccccc53)c3ccccc3-4)cccc21. The van der Waals surface area contributed by atoms with E-state index in [0.29, 0.717) is 0 Å². The minimum absolute atomic E-state index is 0.0142. The van der Waals surface area contributed by atoms with Crippen LogP contribution < -0.4 is 4.90 Å². The summed E-state index contributed by atoms with van der Waals surface area (Å²) in [6, 6.07) is 79.8. The number of benzene rings is 9. The molecule has 12 rings (SSSR count). The number of nitrogens with zero attached hydrogens (tertiary/aromatic N) is 1. The van der Waals surface area contributed by atoms with Crippen molar-refractivity contribution in [3.05, 3.63) is 246 Å². The topological polar surface area (TPSA) is 3.24 Å². The van der Waals surface area contributed by atoms with Crippen LogP contribution in [0, 0.1) is 0 Å². The summed E-state index contributed by atoms with van der Waals surface area (Å²) in [5.41, 5.74) is 24.0. The van der Waals surface area contributed by atoms with E-state index in [-0.39, 0.29) is 10.8 Å². The Labute approximate surface area is 378 Å². The van der Waals surface area contributed by atoms with Gasteiger partial charge < -0.3 is 4.90 Å². The second kappa shape index (κ2) is 14.4. The van der Waals surface area contributed by atoms with E-state index in [1.807, 2.05) is 0 Å². The lowest BCUT2D eigenvalue weighted by molar-refractivity contribution is 0.333. The lowest BCUT2D eigenvalue weighted by Crippen LogP contribution is -2.34. The third-order valence-corrected chi connectivity index (χ3v) is 15.0. The van der Waals surface area contributed by atoms with E-state index in [1.165, 1.54) is 94.7 Å². The molecule has 3 aliphatic rings. The first kappa shape index (κ1) is 38.5. The van der Waals surface area contributed by atoms with Gasteiger partial charge in [-0.3, -0.25) is 0 Å². The molecule has 9 aromatic rings. The Hall–Kier alpha value is -7.22. The van der Waals surface area contributed by atoms with Crippen LogP contribution in [-0.2, 0) is 16.2 Å². The van der Waals surface area contributed by atoms with Crippen LogP contribution in [0.4, 0.5) is 17.1 Å². The van der Waals surface area contributed by atoms with Crippen LogP contribution in [0.3, 0.4) is 0 Å². The van der Waals surface area contributed by atoms with Crippen LogP contribution in [0.15, 0.2) is 212 Å². The summed E-state index contributed by atoms with van der Waals surface area (Å²) < 4.78 is 0. The molecular formula is C63H51N. The van der Waals surface area contributed by atoms with Crippen molar-refractivity contribution in [1.82, 2.24) is 0 Å². The molecule has 0 saturated heterocycles. The molecule has 0 N–H and O–H groups in total. The molecule has 0 bridgehead atoms. The van der Waals surface area contributed by atoms with Gasteiger partial charge in [-0.15, -0.1) is 0 Å². The molecule has 1 heteroatoms. The van der Waals surface area contributed by atoms with Gasteiger partial charge in [0.15, 0.2) is 0 Å². The Kier molecular flexibility index (Phi) is 8.66. The van der Waals surface area contributed by atoms with Gasteiger partial charge in [-0.1, -0.05) is 204 Å². The van der Waals surface area contributed by atoms with Crippen molar-refractivity contribution < 1.29 is 0 Å². The van der Waals surface area contributed by atoms with Crippen molar-refractivity contribution in [2.45, 2.75) is 56.8 Å². The van der Waals surface area contributed by atoms with Crippen LogP contribution in [0.25, 0.3) is 55.6 Å². The first-order valence-electron chi connectivity index (χ1n) is 23.0. The van der Waals surface area contributed by atoms with Gasteiger partial charge in [0.1, 0.15) is 0 Å². The Morgan fingerprint density at radius 1 is 0.312 bits per heavy atom. The Bertz CT molecular complexity index is 3120. The second-order valence-electron chi connectivity index (χ2n) is 19.5. The minimum Gasteiger partial charge on any atom is -0.310 e. The molecule has 0 amide bonds. The molecule has 0 fully saturated rings. The second-order valence-corrected chi connectivity index (χ2v) is 19.5. The lowest BCUT2D eigenvalue weighted by atomic mass is 9.61. The van der Waals surface area contributed by atoms with Gasteiger partial charge in [0, 0.05) is 16.9 Å². The van der Waals surface area contributed by atoms with E-state index >= 15 is 0 Å². The monoisotopic (exact) mass is 821 g/mol. The predicted molar refractivity (Wildman–Crippen MR) is 269 cm³/mol. The third kappa shape index (κ3) is 5.70. The molecule has 0 unspecified atom stereocenters. The van der Waals surface area contributed by atoms with Crippen molar-refractivity contribution in [3.8, 4) is 55.6 Å². The number of rotatable bonds is 6. The molecule has 0 radical (unpaired) electrons. The predicted octanol–water partition coefficient (Wildman–Crippen LogP) is 16.8. The molecule has 0 saturated carbocycles. The summed E-state index contributed by atoms with van der Waals surface area (Å²) in [5.74, 6) is 0. The van der Waals surface area contributed by atoms with Crippen LogP contribution >= 0.6 is 0 Å². The van der Waals surface area contributed by atoms with Crippen LogP contribution in [0.5, 0.6) is 0 Å². The minimum atomic E-state index is -0.482. The fraction of sp³-hybridized carbons (Fsp3) is 0.143. The lowest BCUT2D eigenvalue weighted by Gasteiger charge is -2.43. The number of anilines is 3. The maximum atomic E-state index is 2.60. The van der Waals surface area contributed by atoms with E-state index in [2.05, 4.69) is 245 Å². The van der Waals surface area contributed by atoms with Crippen molar-refractivity contribution >= 4 is 17.1 Å². The van der Waals surface area contributed by atoms with Crippen LogP contribution in [0.1, 0.15) is 73.9 Å². The van der Waals surface area contributed by atoms with Gasteiger partial charge >= 0.3 is 0 Å². The largest absolute Gasteiger partial charge is 0.310 e. The summed E-state index contributed by atoms with van der Waals surface area (Å²) in [6.07, 6.45) is 2.30. The smallest absolute Gasteiger partial charge is 0.0726 e. The highest BCUT2D eigenvalue weighted by Crippen LogP contribution is 2.64. The van der Waals surface area contributed by atoms with Gasteiger partial charge in [0.05, 0.1) is 11.1 Å². The van der Waals surface area contributed by atoms with Crippen molar-refractivity contribution in [3.63, 3.8) is 0 Å². The highest BCUT2D eigenvalue weighted by atomic mass is 15.1. The summed E-state index contributed by atoms with van der Waals surface area (Å²) in [4.78, 5) is 2.54. The van der Waals surface area contributed by atoms with Crippen molar-refractivity contribution in [2.24, 2.45) is 0 Å². The fourth-order valence-electron chi connectivity index (χ4n) is 11.8. The molecule has 64 heavy (non-hydrogen) atoms. The van der Waals surface area contributed by atoms with E-state index in [9.17, 15) is 0 Å². The van der Waals surface area contributed by atoms with E-state index in [4.69, 9.17) is 0 Å². The molecule has 3 aliphatic carbocycles. The highest BCUT2D eigenvalue weighted by Gasteiger charge is 2.52. The Morgan fingerprint density at radius 3 is 1.23 bits per heavy atom. The van der Waals surface area contributed by atoms with E-state index in [0.717, 1.165) is 24.2 Å². The van der Waals surface area contributed by atoms with E-state index < -0.39 is 5.41 Å². The zero-order chi connectivity index (χ0) is 43.2. The van der Waals surface area contributed by atoms with Crippen LogP contribution in [0.2, 0.25) is 0 Å². The van der Waals surface area contributed by atoms with Gasteiger partial charge in [0.2, 0.25) is 0 Å². The Morgan fingerprint density at radius 2 is 0.719 bits per heavy atom. The molecule has 0 heterocycles. The first-order chi connectivity index (χ1) is 31.2. The normalized spacial score (nSPS) is 15.4. The molecule has 0 atom stereocenters. The summed E-state index contributed by atoms with van der Waals surface area (Å²) in [7, 11) is 0. The molecular weight excluding hydrogens is 771 g/mol. The molecule has 0 aromatic heterocycles. The maximum Gasteiger partial charge on any atom is 0.0726 e. The fourth-order valence-corrected chi connectivity index (χ4v) is 11.8. The molecule has 308 valence electrons. The number of hydrogen-bond donors (Lipinski definition) is 0. The number of hydrogen-bond acceptors (Lipinski definition) is 1. The van der Waals surface area contributed by atoms with Gasteiger partial charge in [-0.2, -0.15) is 0 Å². The van der Waals surface area contributed by atoms with Crippen molar-refractivity contribution in [1.29, 1.82) is 0 Å². The molecule has 1 spiro atoms. The molecule has 1 nitrogen and oxygen atoms in total. The van der Waals surface area contributed by atoms with Gasteiger partial charge in [-0.25, -0.2) is 0 Å².